The number of hydrogen-bond donors (Lipinski definition) is 2. The quantitative estimate of drug-likeness (QED) is 0.292. The molecular formula is C22H22ClN3O2. The molecule has 0 radical (unpaired) electrons. The smallest absolute Gasteiger partial charge is 0.250 e. The van der Waals surface area contributed by atoms with Gasteiger partial charge in [0, 0.05) is 47.9 Å². The van der Waals surface area contributed by atoms with Gasteiger partial charge in [0.25, 0.3) is 0 Å². The Kier molecular flexibility index (Phi) is 5.85. The number of nitrogen functional groups attached to an aromatic ring is 1. The van der Waals surface area contributed by atoms with Gasteiger partial charge in [-0.2, -0.15) is 0 Å². The van der Waals surface area contributed by atoms with E-state index in [4.69, 9.17) is 17.3 Å². The summed E-state index contributed by atoms with van der Waals surface area (Å²) in [5.41, 5.74) is 10.8. The molecule has 28 heavy (non-hydrogen) atoms. The molecule has 0 aliphatic heterocycles. The first-order valence-electron chi connectivity index (χ1n) is 8.88. The van der Waals surface area contributed by atoms with Crippen LogP contribution in [0, 0.1) is 6.92 Å². The summed E-state index contributed by atoms with van der Waals surface area (Å²) in [6.07, 6.45) is 2.12. The van der Waals surface area contributed by atoms with Crippen LogP contribution in [-0.4, -0.2) is 15.5 Å². The van der Waals surface area contributed by atoms with Crippen molar-refractivity contribution < 1.29 is 5.21 Å². The Hall–Kier alpha value is -3.05. The summed E-state index contributed by atoms with van der Waals surface area (Å²) in [6.45, 7) is 2.01. The number of hydrogen-bond acceptors (Lipinski definition) is 4. The van der Waals surface area contributed by atoms with Gasteiger partial charge in [-0.25, -0.2) is 0 Å². The fourth-order valence-electron chi connectivity index (χ4n) is 3.34. The number of benzene rings is 2. The lowest BCUT2D eigenvalue weighted by molar-refractivity contribution is 0.317. The van der Waals surface area contributed by atoms with Crippen LogP contribution in [0.5, 0.6) is 0 Å². The Bertz CT molecular complexity index is 1070. The van der Waals surface area contributed by atoms with Gasteiger partial charge in [0.15, 0.2) is 0 Å². The van der Waals surface area contributed by atoms with E-state index >= 15 is 0 Å². The molecule has 3 aromatic rings. The van der Waals surface area contributed by atoms with Gasteiger partial charge in [0.2, 0.25) is 5.56 Å². The van der Waals surface area contributed by atoms with E-state index in [1.807, 2.05) is 49.4 Å². The summed E-state index contributed by atoms with van der Waals surface area (Å²) in [5.74, 6) is -0.0685. The molecule has 0 bridgehead atoms. The van der Waals surface area contributed by atoms with Crippen LogP contribution in [0.4, 0.5) is 5.69 Å². The highest BCUT2D eigenvalue weighted by Crippen LogP contribution is 2.33. The molecule has 0 amide bonds. The van der Waals surface area contributed by atoms with Crippen LogP contribution < -0.4 is 11.3 Å². The molecule has 1 aromatic heterocycles. The summed E-state index contributed by atoms with van der Waals surface area (Å²) < 4.78 is 1.46. The first-order chi connectivity index (χ1) is 13.4. The highest BCUT2D eigenvalue weighted by atomic mass is 35.5. The van der Waals surface area contributed by atoms with Crippen molar-refractivity contribution in [3.05, 3.63) is 98.4 Å². The number of halogens is 1. The zero-order chi connectivity index (χ0) is 20.3. The highest BCUT2D eigenvalue weighted by Gasteiger charge is 2.21. The zero-order valence-corrected chi connectivity index (χ0v) is 16.5. The maximum absolute atomic E-state index is 11.7. The molecule has 0 saturated carbocycles. The first kappa shape index (κ1) is 19.7. The van der Waals surface area contributed by atoms with Crippen molar-refractivity contribution in [2.45, 2.75) is 19.3 Å². The van der Waals surface area contributed by atoms with Crippen molar-refractivity contribution in [3.8, 4) is 0 Å². The van der Waals surface area contributed by atoms with Crippen LogP contribution in [0.15, 0.2) is 70.7 Å². The van der Waals surface area contributed by atoms with Gasteiger partial charge in [-0.15, -0.1) is 0 Å². The molecule has 1 heterocycles. The van der Waals surface area contributed by atoms with Gasteiger partial charge in [-0.1, -0.05) is 35.0 Å². The van der Waals surface area contributed by atoms with E-state index in [2.05, 4.69) is 5.16 Å². The Labute approximate surface area is 168 Å². The van der Waals surface area contributed by atoms with Crippen molar-refractivity contribution in [1.29, 1.82) is 0 Å². The van der Waals surface area contributed by atoms with Gasteiger partial charge < -0.3 is 15.5 Å². The Morgan fingerprint density at radius 2 is 1.89 bits per heavy atom. The predicted molar refractivity (Wildman–Crippen MR) is 114 cm³/mol. The second kappa shape index (κ2) is 8.31. The summed E-state index contributed by atoms with van der Waals surface area (Å²) in [5, 5.41) is 13.9. The molecule has 0 aliphatic carbocycles. The van der Waals surface area contributed by atoms with Crippen LogP contribution in [0.25, 0.3) is 0 Å². The number of nitrogens with two attached hydrogens (primary N) is 1. The predicted octanol–water partition coefficient (Wildman–Crippen LogP) is 4.33. The Morgan fingerprint density at radius 1 is 1.18 bits per heavy atom. The summed E-state index contributed by atoms with van der Waals surface area (Å²) in [4.78, 5) is 11.7. The molecule has 6 heteroatoms. The lowest BCUT2D eigenvalue weighted by Crippen LogP contribution is -2.18. The van der Waals surface area contributed by atoms with Crippen LogP contribution in [0.3, 0.4) is 0 Å². The van der Waals surface area contributed by atoms with Crippen LogP contribution >= 0.6 is 11.6 Å². The molecule has 144 valence electrons. The number of aryl methyl sites for hydroxylation is 2. The van der Waals surface area contributed by atoms with Crippen molar-refractivity contribution in [1.82, 2.24) is 4.57 Å². The maximum Gasteiger partial charge on any atom is 0.250 e. The van der Waals surface area contributed by atoms with Crippen LogP contribution in [0.1, 0.15) is 34.6 Å². The second-order valence-corrected chi connectivity index (χ2v) is 7.27. The minimum atomic E-state index is -0.121. The van der Waals surface area contributed by atoms with E-state index in [-0.39, 0.29) is 11.5 Å². The fourth-order valence-corrected chi connectivity index (χ4v) is 3.57. The van der Waals surface area contributed by atoms with E-state index in [0.29, 0.717) is 28.4 Å². The number of oxime groups is 1. The number of nitrogens with zero attached hydrogens (tertiary/aromatic N) is 2. The number of rotatable bonds is 5. The molecule has 3 rings (SSSR count). The third-order valence-electron chi connectivity index (χ3n) is 4.88. The fraction of sp³-hybridized carbons (Fsp3) is 0.182. The van der Waals surface area contributed by atoms with E-state index in [9.17, 15) is 10.0 Å². The molecule has 1 unspecified atom stereocenters. The Balaban J connectivity index is 2.06. The molecule has 3 N–H and O–H groups in total. The number of aromatic nitrogens is 1. The lowest BCUT2D eigenvalue weighted by atomic mass is 9.83. The molecule has 0 fully saturated rings. The van der Waals surface area contributed by atoms with Crippen molar-refractivity contribution in [3.63, 3.8) is 0 Å². The third kappa shape index (κ3) is 4.26. The van der Waals surface area contributed by atoms with Gasteiger partial charge in [-0.3, -0.25) is 4.79 Å². The van der Waals surface area contributed by atoms with E-state index in [1.54, 1.807) is 19.3 Å². The molecular weight excluding hydrogens is 374 g/mol. The lowest BCUT2D eigenvalue weighted by Gasteiger charge is -2.21. The topological polar surface area (TPSA) is 80.6 Å². The summed E-state index contributed by atoms with van der Waals surface area (Å²) in [7, 11) is 1.67. The summed E-state index contributed by atoms with van der Waals surface area (Å²) in [6, 6.07) is 16.6. The average Bonchev–Trinajstić information content (AvgIpc) is 2.67. The van der Waals surface area contributed by atoms with Gasteiger partial charge in [0.05, 0.1) is 5.71 Å². The van der Waals surface area contributed by atoms with Gasteiger partial charge in [-0.05, 0) is 53.9 Å². The van der Waals surface area contributed by atoms with E-state index in [1.165, 1.54) is 10.6 Å². The first-order valence-corrected chi connectivity index (χ1v) is 9.26. The van der Waals surface area contributed by atoms with E-state index < -0.39 is 0 Å². The van der Waals surface area contributed by atoms with Crippen LogP contribution in [-0.2, 0) is 7.05 Å². The Morgan fingerprint density at radius 3 is 2.50 bits per heavy atom. The van der Waals surface area contributed by atoms with Crippen LogP contribution in [0.2, 0.25) is 5.02 Å². The van der Waals surface area contributed by atoms with E-state index in [0.717, 1.165) is 16.7 Å². The SMILES string of the molecule is Cc1cc(Cl)ccc1C(CC(=NO)c1ccc(=O)n(C)c1)c1ccc(N)cc1. The zero-order valence-electron chi connectivity index (χ0n) is 15.8. The normalized spacial score (nSPS) is 12.8. The largest absolute Gasteiger partial charge is 0.411 e. The molecule has 0 aliphatic rings. The van der Waals surface area contributed by atoms with Crippen molar-refractivity contribution in [2.75, 3.05) is 5.73 Å². The average molecular weight is 396 g/mol. The molecule has 0 saturated heterocycles. The third-order valence-corrected chi connectivity index (χ3v) is 5.12. The monoisotopic (exact) mass is 395 g/mol. The standard InChI is InChI=1S/C22H22ClN3O2/c1-14-11-17(23)6-9-19(14)20(15-3-7-18(24)8-4-15)12-21(25-28)16-5-10-22(27)26(2)13-16/h3-11,13,20,28H,12,24H2,1-2H3. The number of anilines is 1. The minimum absolute atomic E-state index is 0.0685. The van der Waals surface area contributed by atoms with Crippen molar-refractivity contribution >= 4 is 23.0 Å². The van der Waals surface area contributed by atoms with Crippen molar-refractivity contribution in [2.24, 2.45) is 12.2 Å². The number of pyridine rings is 1. The minimum Gasteiger partial charge on any atom is -0.411 e. The maximum atomic E-state index is 11.7. The highest BCUT2D eigenvalue weighted by molar-refractivity contribution is 6.30. The molecule has 0 spiro atoms. The summed E-state index contributed by atoms with van der Waals surface area (Å²) >= 11 is 6.14. The molecule has 2 aromatic carbocycles. The molecule has 5 nitrogen and oxygen atoms in total. The second-order valence-electron chi connectivity index (χ2n) is 6.84. The van der Waals surface area contributed by atoms with Gasteiger partial charge >= 0.3 is 0 Å². The molecule has 1 atom stereocenters. The van der Waals surface area contributed by atoms with Gasteiger partial charge in [0.1, 0.15) is 0 Å².